The highest BCUT2D eigenvalue weighted by molar-refractivity contribution is 6.24. The van der Waals surface area contributed by atoms with Crippen molar-refractivity contribution in [2.24, 2.45) is 7.05 Å². The number of hydrogen-bond acceptors (Lipinski definition) is 1. The minimum Gasteiger partial charge on any atom is -0.234 e. The van der Waals surface area contributed by atoms with Gasteiger partial charge in [0.15, 0.2) is 6.20 Å². The van der Waals surface area contributed by atoms with Crippen molar-refractivity contribution >= 4 is 32.6 Å². The zero-order chi connectivity index (χ0) is 20.3. The summed E-state index contributed by atoms with van der Waals surface area (Å²) in [5, 5.41) is 5.18. The molecule has 5 aromatic rings. The summed E-state index contributed by atoms with van der Waals surface area (Å²) in [5.41, 5.74) is 9.66. The Labute approximate surface area is 171 Å². The van der Waals surface area contributed by atoms with Gasteiger partial charge in [0.05, 0.1) is 5.39 Å². The van der Waals surface area contributed by atoms with Crippen LogP contribution in [0, 0.1) is 27.7 Å². The Bertz CT molecular complexity index is 1430. The molecule has 0 amide bonds. The van der Waals surface area contributed by atoms with Crippen molar-refractivity contribution in [3.8, 4) is 11.3 Å². The molecule has 0 bridgehead atoms. The minimum absolute atomic E-state index is 1.01. The van der Waals surface area contributed by atoms with Gasteiger partial charge >= 0.3 is 0 Å². The van der Waals surface area contributed by atoms with E-state index >= 15 is 0 Å². The SMILES string of the molecule is Cc1cc(C)c2c(c1)c1ccc(C)c(C)c1c1nc(-c3ccccc3)c[n+](C)c12. The molecular weight excluding hydrogens is 352 g/mol. The summed E-state index contributed by atoms with van der Waals surface area (Å²) in [7, 11) is 2.14. The summed E-state index contributed by atoms with van der Waals surface area (Å²) in [6.07, 6.45) is 2.16. The van der Waals surface area contributed by atoms with E-state index in [1.165, 1.54) is 49.3 Å². The molecule has 0 aliphatic carbocycles. The monoisotopic (exact) mass is 377 g/mol. The molecule has 0 fully saturated rings. The van der Waals surface area contributed by atoms with Gasteiger partial charge in [-0.05, 0) is 55.2 Å². The Hall–Kier alpha value is -3.26. The number of nitrogens with zero attached hydrogens (tertiary/aromatic N) is 2. The van der Waals surface area contributed by atoms with Crippen molar-refractivity contribution in [3.05, 3.63) is 83.0 Å². The molecule has 0 aliphatic heterocycles. The number of aryl methyl sites for hydroxylation is 5. The first kappa shape index (κ1) is 17.8. The van der Waals surface area contributed by atoms with E-state index in [0.717, 1.165) is 16.8 Å². The number of benzene rings is 4. The third-order valence-corrected chi connectivity index (χ3v) is 6.17. The standard InChI is InChI=1S/C27H25N2/c1-16-13-18(3)24-22(14-16)21-12-11-17(2)19(4)25(21)26-27(24)29(5)15-23(28-26)20-9-7-6-8-10-20/h6-15H,1-5H3/q+1. The Morgan fingerprint density at radius 1 is 0.759 bits per heavy atom. The molecule has 0 atom stereocenters. The highest BCUT2D eigenvalue weighted by Gasteiger charge is 2.22. The summed E-state index contributed by atoms with van der Waals surface area (Å²) < 4.78 is 2.26. The van der Waals surface area contributed by atoms with E-state index in [4.69, 9.17) is 4.98 Å². The molecular formula is C27H25N2+. The van der Waals surface area contributed by atoms with Gasteiger partial charge in [0.2, 0.25) is 5.52 Å². The Balaban J connectivity index is 2.09. The third kappa shape index (κ3) is 2.63. The topological polar surface area (TPSA) is 16.8 Å². The predicted octanol–water partition coefficient (Wildman–Crippen LogP) is 6.27. The normalized spacial score (nSPS) is 11.6. The molecule has 2 nitrogen and oxygen atoms in total. The average molecular weight is 378 g/mol. The number of fused-ring (bicyclic) bond motifs is 6. The minimum atomic E-state index is 1.01. The first-order valence-electron chi connectivity index (χ1n) is 10.1. The molecule has 0 N–H and O–H groups in total. The zero-order valence-corrected chi connectivity index (χ0v) is 17.7. The van der Waals surface area contributed by atoms with Gasteiger partial charge in [0, 0.05) is 10.9 Å². The predicted molar refractivity (Wildman–Crippen MR) is 122 cm³/mol. The number of rotatable bonds is 1. The summed E-state index contributed by atoms with van der Waals surface area (Å²) >= 11 is 0. The van der Waals surface area contributed by atoms with E-state index in [1.807, 2.05) is 6.07 Å². The van der Waals surface area contributed by atoms with Gasteiger partial charge in [-0.15, -0.1) is 0 Å². The molecule has 5 rings (SSSR count). The van der Waals surface area contributed by atoms with Crippen LogP contribution in [0.3, 0.4) is 0 Å². The molecule has 2 heteroatoms. The van der Waals surface area contributed by atoms with Crippen LogP contribution in [0.15, 0.2) is 60.8 Å². The second-order valence-electron chi connectivity index (χ2n) is 8.23. The smallest absolute Gasteiger partial charge is 0.234 e. The highest BCUT2D eigenvalue weighted by Crippen LogP contribution is 2.38. The molecule has 1 heterocycles. The molecule has 0 aliphatic rings. The lowest BCUT2D eigenvalue weighted by Crippen LogP contribution is -2.30. The molecule has 29 heavy (non-hydrogen) atoms. The number of aromatic nitrogens is 2. The summed E-state index contributed by atoms with van der Waals surface area (Å²) in [6, 6.07) is 19.6. The van der Waals surface area contributed by atoms with E-state index in [9.17, 15) is 0 Å². The van der Waals surface area contributed by atoms with Gasteiger partial charge in [-0.1, -0.05) is 60.2 Å². The molecule has 0 spiro atoms. The van der Waals surface area contributed by atoms with E-state index in [2.05, 4.69) is 94.0 Å². The van der Waals surface area contributed by atoms with Gasteiger partial charge in [0.25, 0.3) is 0 Å². The lowest BCUT2D eigenvalue weighted by molar-refractivity contribution is -0.643. The fraction of sp³-hybridized carbons (Fsp3) is 0.185. The Kier molecular flexibility index (Phi) is 3.92. The highest BCUT2D eigenvalue weighted by atomic mass is 15.0. The van der Waals surface area contributed by atoms with Crippen LogP contribution < -0.4 is 4.57 Å². The fourth-order valence-corrected chi connectivity index (χ4v) is 4.67. The zero-order valence-electron chi connectivity index (χ0n) is 17.7. The van der Waals surface area contributed by atoms with Crippen LogP contribution in [-0.4, -0.2) is 4.98 Å². The van der Waals surface area contributed by atoms with Crippen LogP contribution in [0.4, 0.5) is 0 Å². The molecule has 0 saturated heterocycles. The van der Waals surface area contributed by atoms with Gasteiger partial charge in [-0.2, -0.15) is 4.57 Å². The van der Waals surface area contributed by atoms with Crippen molar-refractivity contribution in [2.45, 2.75) is 27.7 Å². The maximum atomic E-state index is 5.23. The average Bonchev–Trinajstić information content (AvgIpc) is 2.70. The maximum Gasteiger partial charge on any atom is 0.239 e. The summed E-state index contributed by atoms with van der Waals surface area (Å²) in [6.45, 7) is 8.81. The first-order valence-corrected chi connectivity index (χ1v) is 10.1. The van der Waals surface area contributed by atoms with E-state index in [1.54, 1.807) is 0 Å². The van der Waals surface area contributed by atoms with E-state index < -0.39 is 0 Å². The van der Waals surface area contributed by atoms with Crippen molar-refractivity contribution in [3.63, 3.8) is 0 Å². The van der Waals surface area contributed by atoms with E-state index in [-0.39, 0.29) is 0 Å². The van der Waals surface area contributed by atoms with Crippen LogP contribution in [0.2, 0.25) is 0 Å². The molecule has 0 radical (unpaired) electrons. The van der Waals surface area contributed by atoms with E-state index in [0.29, 0.717) is 0 Å². The largest absolute Gasteiger partial charge is 0.239 e. The van der Waals surface area contributed by atoms with Crippen molar-refractivity contribution in [1.29, 1.82) is 0 Å². The maximum absolute atomic E-state index is 5.23. The first-order chi connectivity index (χ1) is 14.0. The second kappa shape index (κ2) is 6.38. The summed E-state index contributed by atoms with van der Waals surface area (Å²) in [4.78, 5) is 5.23. The fourth-order valence-electron chi connectivity index (χ4n) is 4.67. The van der Waals surface area contributed by atoms with Crippen LogP contribution in [0.1, 0.15) is 22.3 Å². The Morgan fingerprint density at radius 3 is 2.28 bits per heavy atom. The molecule has 142 valence electrons. The van der Waals surface area contributed by atoms with Gasteiger partial charge in [0.1, 0.15) is 18.3 Å². The molecule has 0 saturated carbocycles. The van der Waals surface area contributed by atoms with Gasteiger partial charge < -0.3 is 0 Å². The number of hydrogen-bond donors (Lipinski definition) is 0. The lowest BCUT2D eigenvalue weighted by Gasteiger charge is -2.14. The van der Waals surface area contributed by atoms with Gasteiger partial charge in [-0.25, -0.2) is 4.98 Å². The molecule has 1 aromatic heterocycles. The van der Waals surface area contributed by atoms with Crippen molar-refractivity contribution in [2.75, 3.05) is 0 Å². The van der Waals surface area contributed by atoms with Crippen LogP contribution in [0.5, 0.6) is 0 Å². The second-order valence-corrected chi connectivity index (χ2v) is 8.23. The van der Waals surface area contributed by atoms with Gasteiger partial charge in [-0.3, -0.25) is 0 Å². The molecule has 0 unspecified atom stereocenters. The van der Waals surface area contributed by atoms with Crippen LogP contribution in [-0.2, 0) is 7.05 Å². The molecule has 4 aromatic carbocycles. The third-order valence-electron chi connectivity index (χ3n) is 6.17. The lowest BCUT2D eigenvalue weighted by atomic mass is 9.91. The quantitative estimate of drug-likeness (QED) is 0.249. The van der Waals surface area contributed by atoms with Crippen molar-refractivity contribution < 1.29 is 4.57 Å². The summed E-state index contributed by atoms with van der Waals surface area (Å²) in [5.74, 6) is 0. The van der Waals surface area contributed by atoms with Crippen LogP contribution >= 0.6 is 0 Å². The van der Waals surface area contributed by atoms with Crippen molar-refractivity contribution in [1.82, 2.24) is 4.98 Å². The Morgan fingerprint density at radius 2 is 1.52 bits per heavy atom. The van der Waals surface area contributed by atoms with Crippen LogP contribution in [0.25, 0.3) is 43.8 Å².